The first-order valence-electron chi connectivity index (χ1n) is 3.44. The first kappa shape index (κ1) is 6.27. The Morgan fingerprint density at radius 3 is 3.09 bits per heavy atom. The highest BCUT2D eigenvalue weighted by atomic mass is 15.1. The zero-order valence-electron chi connectivity index (χ0n) is 6.20. The Morgan fingerprint density at radius 1 is 1.36 bits per heavy atom. The highest BCUT2D eigenvalue weighted by Gasteiger charge is 2.08. The van der Waals surface area contributed by atoms with Gasteiger partial charge in [0.1, 0.15) is 5.69 Å². The molecule has 1 N–H and O–H groups in total. The van der Waals surface area contributed by atoms with Gasteiger partial charge < -0.3 is 5.32 Å². The molecule has 0 unspecified atom stereocenters. The molecule has 1 aliphatic rings. The van der Waals surface area contributed by atoms with Crippen LogP contribution >= 0.6 is 0 Å². The predicted molar refractivity (Wildman–Crippen MR) is 42.5 cm³/mol. The van der Waals surface area contributed by atoms with Crippen molar-refractivity contribution in [2.45, 2.75) is 13.5 Å². The standard InChI is InChI=1S/C7H8N4/c1-5-10-4-6-7(11-5)9-3-2-8-6/h2-3H,4H2,1H3,(H,9,10,11). The molecule has 2 heterocycles. The van der Waals surface area contributed by atoms with E-state index in [0.717, 1.165) is 17.3 Å². The quantitative estimate of drug-likeness (QED) is 0.592. The number of amidine groups is 1. The Hall–Kier alpha value is -1.45. The van der Waals surface area contributed by atoms with E-state index in [2.05, 4.69) is 20.3 Å². The first-order valence-corrected chi connectivity index (χ1v) is 3.44. The zero-order valence-corrected chi connectivity index (χ0v) is 6.20. The minimum absolute atomic E-state index is 0.641. The van der Waals surface area contributed by atoms with Crippen LogP contribution in [0.4, 0.5) is 5.82 Å². The molecular weight excluding hydrogens is 140 g/mol. The molecule has 0 spiro atoms. The van der Waals surface area contributed by atoms with Gasteiger partial charge in [-0.25, -0.2) is 4.98 Å². The number of fused-ring (bicyclic) bond motifs is 1. The first-order chi connectivity index (χ1) is 5.36. The smallest absolute Gasteiger partial charge is 0.154 e. The normalized spacial score (nSPS) is 14.8. The summed E-state index contributed by atoms with van der Waals surface area (Å²) in [6, 6.07) is 0. The lowest BCUT2D eigenvalue weighted by Crippen LogP contribution is -2.16. The lowest BCUT2D eigenvalue weighted by atomic mass is 10.3. The van der Waals surface area contributed by atoms with Gasteiger partial charge in [-0.1, -0.05) is 0 Å². The fourth-order valence-corrected chi connectivity index (χ4v) is 0.991. The Bertz CT molecular complexity index is 305. The van der Waals surface area contributed by atoms with E-state index in [9.17, 15) is 0 Å². The van der Waals surface area contributed by atoms with Crippen molar-refractivity contribution in [2.75, 3.05) is 5.32 Å². The number of hydrogen-bond donors (Lipinski definition) is 1. The molecule has 1 aromatic rings. The van der Waals surface area contributed by atoms with Crippen molar-refractivity contribution in [3.05, 3.63) is 18.1 Å². The zero-order chi connectivity index (χ0) is 7.68. The maximum Gasteiger partial charge on any atom is 0.154 e. The second-order valence-electron chi connectivity index (χ2n) is 2.38. The van der Waals surface area contributed by atoms with Crippen molar-refractivity contribution < 1.29 is 0 Å². The van der Waals surface area contributed by atoms with Crippen LogP contribution in [-0.2, 0) is 6.54 Å². The summed E-state index contributed by atoms with van der Waals surface area (Å²) in [6.45, 7) is 2.56. The van der Waals surface area contributed by atoms with E-state index in [0.29, 0.717) is 6.54 Å². The molecular formula is C7H8N4. The topological polar surface area (TPSA) is 50.2 Å². The van der Waals surface area contributed by atoms with Gasteiger partial charge in [-0.15, -0.1) is 0 Å². The molecule has 0 aliphatic carbocycles. The van der Waals surface area contributed by atoms with E-state index in [4.69, 9.17) is 0 Å². The number of aromatic nitrogens is 2. The van der Waals surface area contributed by atoms with E-state index >= 15 is 0 Å². The van der Waals surface area contributed by atoms with Crippen LogP contribution in [0.15, 0.2) is 17.4 Å². The molecule has 4 heteroatoms. The van der Waals surface area contributed by atoms with Gasteiger partial charge in [-0.3, -0.25) is 9.98 Å². The van der Waals surface area contributed by atoms with Gasteiger partial charge in [0.15, 0.2) is 5.82 Å². The van der Waals surface area contributed by atoms with E-state index in [-0.39, 0.29) is 0 Å². The van der Waals surface area contributed by atoms with Crippen molar-refractivity contribution in [3.8, 4) is 0 Å². The largest absolute Gasteiger partial charge is 0.327 e. The van der Waals surface area contributed by atoms with Crippen molar-refractivity contribution in [2.24, 2.45) is 4.99 Å². The van der Waals surface area contributed by atoms with Gasteiger partial charge >= 0.3 is 0 Å². The Morgan fingerprint density at radius 2 is 2.18 bits per heavy atom. The van der Waals surface area contributed by atoms with Gasteiger partial charge in [0.25, 0.3) is 0 Å². The second-order valence-corrected chi connectivity index (χ2v) is 2.38. The molecule has 0 amide bonds. The van der Waals surface area contributed by atoms with Crippen LogP contribution in [0.5, 0.6) is 0 Å². The SMILES string of the molecule is CC1=NCc2nccnc2N1. The maximum atomic E-state index is 4.17. The number of nitrogens with one attached hydrogen (secondary N) is 1. The fourth-order valence-electron chi connectivity index (χ4n) is 0.991. The van der Waals surface area contributed by atoms with Gasteiger partial charge in [0.05, 0.1) is 12.4 Å². The number of hydrogen-bond acceptors (Lipinski definition) is 4. The lowest BCUT2D eigenvalue weighted by molar-refractivity contribution is 0.947. The van der Waals surface area contributed by atoms with Gasteiger partial charge in [0.2, 0.25) is 0 Å². The minimum atomic E-state index is 0.641. The number of rotatable bonds is 0. The third-order valence-corrected chi connectivity index (χ3v) is 1.54. The molecule has 1 aromatic heterocycles. The Labute approximate surface area is 64.4 Å². The maximum absolute atomic E-state index is 4.17. The number of anilines is 1. The summed E-state index contributed by atoms with van der Waals surface area (Å²) in [4.78, 5) is 12.4. The highest BCUT2D eigenvalue weighted by Crippen LogP contribution is 2.13. The summed E-state index contributed by atoms with van der Waals surface area (Å²) in [7, 11) is 0. The van der Waals surface area contributed by atoms with Crippen molar-refractivity contribution in [1.82, 2.24) is 9.97 Å². The average Bonchev–Trinajstić information content (AvgIpc) is 2.04. The summed E-state index contributed by atoms with van der Waals surface area (Å²) >= 11 is 0. The summed E-state index contributed by atoms with van der Waals surface area (Å²) in [5.41, 5.74) is 0.915. The van der Waals surface area contributed by atoms with Gasteiger partial charge in [-0.05, 0) is 6.92 Å². The highest BCUT2D eigenvalue weighted by molar-refractivity contribution is 5.94. The van der Waals surface area contributed by atoms with Gasteiger partial charge in [0, 0.05) is 12.4 Å². The van der Waals surface area contributed by atoms with Crippen LogP contribution in [0, 0.1) is 0 Å². The van der Waals surface area contributed by atoms with Crippen LogP contribution in [0.2, 0.25) is 0 Å². The van der Waals surface area contributed by atoms with E-state index < -0.39 is 0 Å². The van der Waals surface area contributed by atoms with Crippen molar-refractivity contribution in [1.29, 1.82) is 0 Å². The summed E-state index contributed by atoms with van der Waals surface area (Å²) in [5.74, 6) is 1.73. The molecule has 0 radical (unpaired) electrons. The molecule has 1 aliphatic heterocycles. The molecule has 0 bridgehead atoms. The lowest BCUT2D eigenvalue weighted by Gasteiger charge is -2.12. The number of nitrogens with zero attached hydrogens (tertiary/aromatic N) is 3. The molecule has 0 fully saturated rings. The third-order valence-electron chi connectivity index (χ3n) is 1.54. The summed E-state index contributed by atoms with van der Waals surface area (Å²) < 4.78 is 0. The monoisotopic (exact) mass is 148 g/mol. The van der Waals surface area contributed by atoms with Crippen LogP contribution in [-0.4, -0.2) is 15.8 Å². The number of aliphatic imine (C=N–C) groups is 1. The summed E-state index contributed by atoms with van der Waals surface area (Å²) in [6.07, 6.45) is 3.35. The molecule has 4 nitrogen and oxygen atoms in total. The van der Waals surface area contributed by atoms with Crippen molar-refractivity contribution >= 4 is 11.7 Å². The average molecular weight is 148 g/mol. The Kier molecular flexibility index (Phi) is 1.31. The van der Waals surface area contributed by atoms with Crippen LogP contribution in [0.1, 0.15) is 12.6 Å². The molecule has 0 saturated heterocycles. The van der Waals surface area contributed by atoms with Crippen LogP contribution in [0.25, 0.3) is 0 Å². The Balaban J connectivity index is 2.42. The van der Waals surface area contributed by atoms with Crippen LogP contribution < -0.4 is 5.32 Å². The second kappa shape index (κ2) is 2.30. The molecule has 0 atom stereocenters. The minimum Gasteiger partial charge on any atom is -0.327 e. The predicted octanol–water partition coefficient (Wildman–Crippen LogP) is 0.820. The molecule has 11 heavy (non-hydrogen) atoms. The molecule has 56 valence electrons. The van der Waals surface area contributed by atoms with Gasteiger partial charge in [-0.2, -0.15) is 0 Å². The van der Waals surface area contributed by atoms with Crippen molar-refractivity contribution in [3.63, 3.8) is 0 Å². The fraction of sp³-hybridized carbons (Fsp3) is 0.286. The van der Waals surface area contributed by atoms with E-state index in [1.807, 2.05) is 6.92 Å². The third kappa shape index (κ3) is 1.07. The summed E-state index contributed by atoms with van der Waals surface area (Å²) in [5, 5.41) is 3.04. The van der Waals surface area contributed by atoms with E-state index in [1.165, 1.54) is 0 Å². The molecule has 0 saturated carbocycles. The molecule has 0 aromatic carbocycles. The van der Waals surface area contributed by atoms with E-state index in [1.54, 1.807) is 12.4 Å². The van der Waals surface area contributed by atoms with Crippen LogP contribution in [0.3, 0.4) is 0 Å². The molecule has 2 rings (SSSR count).